The zero-order valence-corrected chi connectivity index (χ0v) is 10.9. The first-order valence-corrected chi connectivity index (χ1v) is 5.82. The minimum Gasteiger partial charge on any atom is -0.464 e. The number of hydrogen-bond acceptors (Lipinski definition) is 6. The number of carbonyl (C=O) groups excluding carboxylic acids is 1. The van der Waals surface area contributed by atoms with Gasteiger partial charge in [0.15, 0.2) is 10.8 Å². The molecular formula is C10H17N3O2S. The lowest BCUT2D eigenvalue weighted by Crippen LogP contribution is -2.28. The van der Waals surface area contributed by atoms with Gasteiger partial charge >= 0.3 is 5.97 Å². The molecule has 0 aromatic carbocycles. The number of ether oxygens (including phenoxy) is 1. The number of hydrogen-bond donors (Lipinski definition) is 0. The molecule has 5 nitrogen and oxygen atoms in total. The molecule has 0 spiro atoms. The average Bonchev–Trinajstić information content (AvgIpc) is 2.74. The normalized spacial score (nSPS) is 10.6. The van der Waals surface area contributed by atoms with Crippen molar-refractivity contribution in [3.05, 3.63) is 11.1 Å². The summed E-state index contributed by atoms with van der Waals surface area (Å²) in [4.78, 5) is 19.5. The number of likely N-dealkylation sites (N-methyl/N-ethyl adjacent to an activating group) is 2. The summed E-state index contributed by atoms with van der Waals surface area (Å²) in [6, 6.07) is 0. The molecule has 1 heterocycles. The first kappa shape index (κ1) is 12.9. The van der Waals surface area contributed by atoms with Crippen LogP contribution in [0.3, 0.4) is 0 Å². The van der Waals surface area contributed by atoms with Gasteiger partial charge in [-0.05, 0) is 14.1 Å². The smallest absolute Gasteiger partial charge is 0.357 e. The Morgan fingerprint density at radius 2 is 2.12 bits per heavy atom. The van der Waals surface area contributed by atoms with Gasteiger partial charge in [0.2, 0.25) is 0 Å². The number of rotatable bonds is 5. The number of carbonyl (C=O) groups is 1. The van der Waals surface area contributed by atoms with E-state index in [-0.39, 0.29) is 5.97 Å². The van der Waals surface area contributed by atoms with Crippen molar-refractivity contribution in [3.8, 4) is 0 Å². The van der Waals surface area contributed by atoms with Crippen LogP contribution in [0.5, 0.6) is 0 Å². The second kappa shape index (κ2) is 5.81. The topological polar surface area (TPSA) is 45.7 Å². The molecule has 90 valence electrons. The fourth-order valence-corrected chi connectivity index (χ4v) is 1.87. The van der Waals surface area contributed by atoms with E-state index < -0.39 is 0 Å². The summed E-state index contributed by atoms with van der Waals surface area (Å²) in [5.74, 6) is -0.386. The van der Waals surface area contributed by atoms with E-state index in [0.717, 1.165) is 18.2 Å². The predicted molar refractivity (Wildman–Crippen MR) is 65.3 cm³/mol. The molecule has 1 rings (SSSR count). The van der Waals surface area contributed by atoms with Crippen molar-refractivity contribution in [2.45, 2.75) is 0 Å². The van der Waals surface area contributed by atoms with E-state index in [1.807, 2.05) is 26.0 Å². The third-order valence-corrected chi connectivity index (χ3v) is 3.05. The lowest BCUT2D eigenvalue weighted by molar-refractivity contribution is 0.0595. The van der Waals surface area contributed by atoms with Gasteiger partial charge in [-0.15, -0.1) is 11.3 Å². The Bertz CT molecular complexity index is 352. The number of aromatic nitrogens is 1. The number of methoxy groups -OCH3 is 1. The minimum absolute atomic E-state index is 0.374. The Morgan fingerprint density at radius 3 is 2.69 bits per heavy atom. The van der Waals surface area contributed by atoms with Crippen LogP contribution in [0, 0.1) is 0 Å². The van der Waals surface area contributed by atoms with Gasteiger partial charge in [0, 0.05) is 25.5 Å². The molecule has 6 heteroatoms. The highest BCUT2D eigenvalue weighted by molar-refractivity contribution is 7.13. The summed E-state index contributed by atoms with van der Waals surface area (Å²) in [6.07, 6.45) is 0. The van der Waals surface area contributed by atoms with Crippen molar-refractivity contribution in [1.82, 2.24) is 9.88 Å². The molecule has 0 aliphatic heterocycles. The maximum absolute atomic E-state index is 11.2. The molecule has 0 unspecified atom stereocenters. The van der Waals surface area contributed by atoms with Crippen LogP contribution in [0.4, 0.5) is 5.13 Å². The molecule has 0 fully saturated rings. The average molecular weight is 243 g/mol. The van der Waals surface area contributed by atoms with Crippen LogP contribution in [0.2, 0.25) is 0 Å². The van der Waals surface area contributed by atoms with E-state index in [4.69, 9.17) is 0 Å². The number of anilines is 1. The van der Waals surface area contributed by atoms with E-state index in [9.17, 15) is 4.79 Å². The Kier molecular flexibility index (Phi) is 4.70. The second-order valence-electron chi connectivity index (χ2n) is 3.73. The summed E-state index contributed by atoms with van der Waals surface area (Å²) in [6.45, 7) is 1.82. The van der Waals surface area contributed by atoms with Crippen LogP contribution >= 0.6 is 11.3 Å². The molecule has 0 amide bonds. The molecule has 0 N–H and O–H groups in total. The molecule has 1 aromatic rings. The highest BCUT2D eigenvalue weighted by Gasteiger charge is 2.12. The Morgan fingerprint density at radius 1 is 1.44 bits per heavy atom. The third kappa shape index (κ3) is 3.46. The third-order valence-electron chi connectivity index (χ3n) is 2.10. The SMILES string of the molecule is COC(=O)c1csc(N(C)CCN(C)C)n1. The predicted octanol–water partition coefficient (Wildman–Crippen LogP) is 0.927. The summed E-state index contributed by atoms with van der Waals surface area (Å²) in [5.41, 5.74) is 0.374. The fourth-order valence-electron chi connectivity index (χ4n) is 1.08. The molecule has 0 radical (unpaired) electrons. The zero-order valence-electron chi connectivity index (χ0n) is 10.1. The summed E-state index contributed by atoms with van der Waals surface area (Å²) in [5, 5.41) is 2.55. The Balaban J connectivity index is 2.59. The van der Waals surface area contributed by atoms with Crippen molar-refractivity contribution >= 4 is 22.4 Å². The van der Waals surface area contributed by atoms with E-state index in [0.29, 0.717) is 5.69 Å². The van der Waals surface area contributed by atoms with Gasteiger partial charge in [-0.25, -0.2) is 9.78 Å². The monoisotopic (exact) mass is 243 g/mol. The maximum Gasteiger partial charge on any atom is 0.357 e. The fraction of sp³-hybridized carbons (Fsp3) is 0.600. The highest BCUT2D eigenvalue weighted by Crippen LogP contribution is 2.19. The number of esters is 1. The second-order valence-corrected chi connectivity index (χ2v) is 4.57. The van der Waals surface area contributed by atoms with Crippen LogP contribution in [0.1, 0.15) is 10.5 Å². The molecule has 0 saturated carbocycles. The largest absolute Gasteiger partial charge is 0.464 e. The zero-order chi connectivity index (χ0) is 12.1. The van der Waals surface area contributed by atoms with Crippen LogP contribution in [0.25, 0.3) is 0 Å². The molecule has 0 saturated heterocycles. The molecular weight excluding hydrogens is 226 g/mol. The first-order valence-electron chi connectivity index (χ1n) is 4.94. The minimum atomic E-state index is -0.386. The van der Waals surface area contributed by atoms with E-state index >= 15 is 0 Å². The van der Waals surface area contributed by atoms with Gasteiger partial charge < -0.3 is 14.5 Å². The van der Waals surface area contributed by atoms with Crippen molar-refractivity contribution in [2.75, 3.05) is 46.2 Å². The molecule has 0 bridgehead atoms. The summed E-state index contributed by atoms with van der Waals surface area (Å²) < 4.78 is 4.61. The number of nitrogens with zero attached hydrogens (tertiary/aromatic N) is 3. The highest BCUT2D eigenvalue weighted by atomic mass is 32.1. The van der Waals surface area contributed by atoms with Crippen molar-refractivity contribution < 1.29 is 9.53 Å². The van der Waals surface area contributed by atoms with Gasteiger partial charge in [0.25, 0.3) is 0 Å². The standard InChI is InChI=1S/C10H17N3O2S/c1-12(2)5-6-13(3)10-11-8(7-16-10)9(14)15-4/h7H,5-6H2,1-4H3. The van der Waals surface area contributed by atoms with E-state index in [1.54, 1.807) is 5.38 Å². The lowest BCUT2D eigenvalue weighted by Gasteiger charge is -2.18. The van der Waals surface area contributed by atoms with Gasteiger partial charge in [0.05, 0.1) is 7.11 Å². The maximum atomic E-state index is 11.2. The summed E-state index contributed by atoms with van der Waals surface area (Å²) >= 11 is 1.45. The van der Waals surface area contributed by atoms with Crippen molar-refractivity contribution in [3.63, 3.8) is 0 Å². The van der Waals surface area contributed by atoms with Crippen LogP contribution < -0.4 is 4.90 Å². The van der Waals surface area contributed by atoms with Crippen molar-refractivity contribution in [2.24, 2.45) is 0 Å². The van der Waals surface area contributed by atoms with Gasteiger partial charge in [-0.3, -0.25) is 0 Å². The molecule has 0 aliphatic rings. The Labute approximate surface area is 99.6 Å². The van der Waals surface area contributed by atoms with Gasteiger partial charge in [-0.1, -0.05) is 0 Å². The lowest BCUT2D eigenvalue weighted by atomic mass is 10.5. The molecule has 0 aliphatic carbocycles. The first-order chi connectivity index (χ1) is 7.54. The van der Waals surface area contributed by atoms with Gasteiger partial charge in [-0.2, -0.15) is 0 Å². The van der Waals surface area contributed by atoms with E-state index in [1.165, 1.54) is 18.4 Å². The van der Waals surface area contributed by atoms with Crippen LogP contribution in [-0.2, 0) is 4.74 Å². The Hall–Kier alpha value is -1.14. The van der Waals surface area contributed by atoms with Crippen molar-refractivity contribution in [1.29, 1.82) is 0 Å². The van der Waals surface area contributed by atoms with E-state index in [2.05, 4.69) is 14.6 Å². The molecule has 0 atom stereocenters. The molecule has 16 heavy (non-hydrogen) atoms. The van der Waals surface area contributed by atoms with Crippen LogP contribution in [-0.4, -0.2) is 57.2 Å². The summed E-state index contributed by atoms with van der Waals surface area (Å²) in [7, 11) is 7.37. The van der Waals surface area contributed by atoms with Gasteiger partial charge in [0.1, 0.15) is 0 Å². The van der Waals surface area contributed by atoms with Crippen LogP contribution in [0.15, 0.2) is 5.38 Å². The quantitative estimate of drug-likeness (QED) is 0.720. The number of thiazole rings is 1. The molecule has 1 aromatic heterocycles.